The molecule has 0 N–H and O–H groups in total. The molecule has 8 heteroatoms. The van der Waals surface area contributed by atoms with Gasteiger partial charge in [-0.05, 0) is 75.9 Å². The smallest absolute Gasteiger partial charge is 0.243 e. The first-order valence-corrected chi connectivity index (χ1v) is 12.8. The summed E-state index contributed by atoms with van der Waals surface area (Å²) in [6.07, 6.45) is 4.87. The van der Waals surface area contributed by atoms with Gasteiger partial charge in [0.1, 0.15) is 5.75 Å². The van der Waals surface area contributed by atoms with Crippen LogP contribution in [0.4, 0.5) is 0 Å². The summed E-state index contributed by atoms with van der Waals surface area (Å²) < 4.78 is 33.0. The lowest BCUT2D eigenvalue weighted by molar-refractivity contribution is -0.139. The molecule has 1 unspecified atom stereocenters. The Bertz CT molecular complexity index is 1010. The summed E-state index contributed by atoms with van der Waals surface area (Å²) in [4.78, 5) is 20.1. The second kappa shape index (κ2) is 9.58. The molecule has 1 aliphatic carbocycles. The van der Waals surface area contributed by atoms with Crippen LogP contribution in [0.2, 0.25) is 0 Å². The molecule has 2 fully saturated rings. The molecule has 1 saturated heterocycles. The summed E-state index contributed by atoms with van der Waals surface area (Å²) in [6, 6.07) is 12.5. The normalized spacial score (nSPS) is 18.8. The van der Waals surface area contributed by atoms with Gasteiger partial charge < -0.3 is 9.64 Å². The predicted molar refractivity (Wildman–Crippen MR) is 122 cm³/mol. The van der Waals surface area contributed by atoms with Crippen molar-refractivity contribution in [3.63, 3.8) is 0 Å². The van der Waals surface area contributed by atoms with Crippen molar-refractivity contribution in [2.75, 3.05) is 19.7 Å². The third kappa shape index (κ3) is 4.81. The molecule has 0 bridgehead atoms. The van der Waals surface area contributed by atoms with Crippen LogP contribution in [0.3, 0.4) is 0 Å². The van der Waals surface area contributed by atoms with Gasteiger partial charge in [-0.3, -0.25) is 9.78 Å². The van der Waals surface area contributed by atoms with Crippen LogP contribution in [0.25, 0.3) is 0 Å². The number of aromatic nitrogens is 1. The Morgan fingerprint density at radius 3 is 2.38 bits per heavy atom. The van der Waals surface area contributed by atoms with Crippen LogP contribution in [0, 0.1) is 5.92 Å². The largest absolute Gasteiger partial charge is 0.494 e. The summed E-state index contributed by atoms with van der Waals surface area (Å²) in [5.74, 6) is 0.621. The molecule has 1 aromatic carbocycles. The van der Waals surface area contributed by atoms with Crippen molar-refractivity contribution in [2.24, 2.45) is 5.92 Å². The second-order valence-electron chi connectivity index (χ2n) is 8.49. The number of amides is 1. The molecule has 1 aliphatic heterocycles. The Kier molecular flexibility index (Phi) is 6.81. The van der Waals surface area contributed by atoms with Crippen molar-refractivity contribution >= 4 is 15.9 Å². The molecule has 1 saturated carbocycles. The number of sulfonamides is 1. The van der Waals surface area contributed by atoms with Crippen molar-refractivity contribution in [3.8, 4) is 5.75 Å². The van der Waals surface area contributed by atoms with E-state index >= 15 is 0 Å². The highest BCUT2D eigenvalue weighted by Crippen LogP contribution is 2.37. The standard InChI is InChI=1S/C24H31N3O4S/c1-3-31-21-9-11-22(12-10-21)32(29,30)26-16-13-19(14-17-26)24(28)27(20-7-8-20)18(2)23-6-4-5-15-25-23/h4-6,9-12,15,18-20H,3,7-8,13-14,16-17H2,1-2H3. The lowest BCUT2D eigenvalue weighted by Gasteiger charge is -2.36. The number of hydrogen-bond donors (Lipinski definition) is 0. The minimum Gasteiger partial charge on any atom is -0.494 e. The van der Waals surface area contributed by atoms with Crippen molar-refractivity contribution in [1.82, 2.24) is 14.2 Å². The Morgan fingerprint density at radius 1 is 1.12 bits per heavy atom. The molecule has 1 atom stereocenters. The van der Waals surface area contributed by atoms with Gasteiger partial charge in [0, 0.05) is 31.2 Å². The number of pyridine rings is 1. The highest BCUT2D eigenvalue weighted by Gasteiger charge is 2.41. The molecular formula is C24H31N3O4S. The Balaban J connectivity index is 1.41. The lowest BCUT2D eigenvalue weighted by atomic mass is 9.95. The van der Waals surface area contributed by atoms with Gasteiger partial charge in [-0.15, -0.1) is 0 Å². The van der Waals surface area contributed by atoms with Crippen LogP contribution in [0.15, 0.2) is 53.6 Å². The molecule has 1 aromatic heterocycles. The number of ether oxygens (including phenoxy) is 1. The summed E-state index contributed by atoms with van der Waals surface area (Å²) in [5.41, 5.74) is 0.892. The van der Waals surface area contributed by atoms with E-state index in [9.17, 15) is 13.2 Å². The molecule has 172 valence electrons. The van der Waals surface area contributed by atoms with Crippen LogP contribution in [-0.4, -0.2) is 54.3 Å². The number of hydrogen-bond acceptors (Lipinski definition) is 5. The zero-order valence-corrected chi connectivity index (χ0v) is 19.5. The van der Waals surface area contributed by atoms with Crippen LogP contribution >= 0.6 is 0 Å². The van der Waals surface area contributed by atoms with Gasteiger partial charge in [0.25, 0.3) is 0 Å². The highest BCUT2D eigenvalue weighted by molar-refractivity contribution is 7.89. The van der Waals surface area contributed by atoms with Crippen LogP contribution in [-0.2, 0) is 14.8 Å². The Morgan fingerprint density at radius 2 is 1.81 bits per heavy atom. The van der Waals surface area contributed by atoms with E-state index in [0.717, 1.165) is 18.5 Å². The number of benzene rings is 1. The van der Waals surface area contributed by atoms with Gasteiger partial charge in [-0.25, -0.2) is 8.42 Å². The van der Waals surface area contributed by atoms with Gasteiger partial charge >= 0.3 is 0 Å². The van der Waals surface area contributed by atoms with Gasteiger partial charge in [-0.1, -0.05) is 6.07 Å². The number of piperidine rings is 1. The van der Waals surface area contributed by atoms with E-state index in [-0.39, 0.29) is 28.8 Å². The van der Waals surface area contributed by atoms with Crippen LogP contribution < -0.4 is 4.74 Å². The zero-order chi connectivity index (χ0) is 22.7. The van der Waals surface area contributed by atoms with Crippen molar-refractivity contribution < 1.29 is 17.9 Å². The van der Waals surface area contributed by atoms with Gasteiger partial charge in [0.05, 0.1) is 23.2 Å². The lowest BCUT2D eigenvalue weighted by Crippen LogP contribution is -2.45. The number of carbonyl (C=O) groups excluding carboxylic acids is 1. The zero-order valence-electron chi connectivity index (χ0n) is 18.7. The number of carbonyl (C=O) groups is 1. The molecule has 0 spiro atoms. The fourth-order valence-corrected chi connectivity index (χ4v) is 5.85. The first-order chi connectivity index (χ1) is 15.4. The number of rotatable bonds is 8. The van der Waals surface area contributed by atoms with E-state index in [1.165, 1.54) is 4.31 Å². The van der Waals surface area contributed by atoms with E-state index in [1.54, 1.807) is 30.5 Å². The fraction of sp³-hybridized carbons (Fsp3) is 0.500. The maximum atomic E-state index is 13.4. The first-order valence-electron chi connectivity index (χ1n) is 11.4. The van der Waals surface area contributed by atoms with Gasteiger partial charge in [0.15, 0.2) is 0 Å². The maximum Gasteiger partial charge on any atom is 0.243 e. The third-order valence-corrected chi connectivity index (χ3v) is 8.22. The topological polar surface area (TPSA) is 79.8 Å². The molecule has 2 aliphatic rings. The molecule has 2 heterocycles. The third-order valence-electron chi connectivity index (χ3n) is 6.30. The Hall–Kier alpha value is -2.45. The molecule has 7 nitrogen and oxygen atoms in total. The monoisotopic (exact) mass is 457 g/mol. The van der Waals surface area contributed by atoms with Crippen molar-refractivity contribution in [2.45, 2.75) is 56.5 Å². The van der Waals surface area contributed by atoms with E-state index in [1.807, 2.05) is 36.9 Å². The van der Waals surface area contributed by atoms with E-state index in [0.29, 0.717) is 38.3 Å². The average molecular weight is 458 g/mol. The van der Waals surface area contributed by atoms with E-state index in [4.69, 9.17) is 4.74 Å². The summed E-state index contributed by atoms with van der Waals surface area (Å²) >= 11 is 0. The average Bonchev–Trinajstić information content (AvgIpc) is 3.65. The summed E-state index contributed by atoms with van der Waals surface area (Å²) in [6.45, 7) is 5.15. The Labute approximate surface area is 190 Å². The van der Waals surface area contributed by atoms with E-state index < -0.39 is 10.0 Å². The second-order valence-corrected chi connectivity index (χ2v) is 10.4. The van der Waals surface area contributed by atoms with Crippen LogP contribution in [0.5, 0.6) is 5.75 Å². The van der Waals surface area contributed by atoms with E-state index in [2.05, 4.69) is 4.98 Å². The fourth-order valence-electron chi connectivity index (χ4n) is 4.38. The van der Waals surface area contributed by atoms with Crippen LogP contribution in [0.1, 0.15) is 51.3 Å². The minimum atomic E-state index is -3.58. The predicted octanol–water partition coefficient (Wildman–Crippen LogP) is 3.63. The van der Waals surface area contributed by atoms with Crippen molar-refractivity contribution in [1.29, 1.82) is 0 Å². The SMILES string of the molecule is CCOc1ccc(S(=O)(=O)N2CCC(C(=O)N(C3CC3)C(C)c3ccccn3)CC2)cc1. The molecular weight excluding hydrogens is 426 g/mol. The molecule has 32 heavy (non-hydrogen) atoms. The van der Waals surface area contributed by atoms with Gasteiger partial charge in [-0.2, -0.15) is 4.31 Å². The first kappa shape index (κ1) is 22.7. The molecule has 0 radical (unpaired) electrons. The number of nitrogens with zero attached hydrogens (tertiary/aromatic N) is 3. The van der Waals surface area contributed by atoms with Gasteiger partial charge in [0.2, 0.25) is 15.9 Å². The summed E-state index contributed by atoms with van der Waals surface area (Å²) in [5, 5.41) is 0. The molecule has 1 amide bonds. The van der Waals surface area contributed by atoms with Crippen molar-refractivity contribution in [3.05, 3.63) is 54.4 Å². The molecule has 4 rings (SSSR count). The maximum absolute atomic E-state index is 13.4. The quantitative estimate of drug-likeness (QED) is 0.605. The molecule has 2 aromatic rings. The summed E-state index contributed by atoms with van der Waals surface area (Å²) in [7, 11) is -3.58. The highest BCUT2D eigenvalue weighted by atomic mass is 32.2. The minimum absolute atomic E-state index is 0.0817.